The van der Waals surface area contributed by atoms with E-state index < -0.39 is 18.3 Å². The number of likely N-dealkylation sites (tertiary alicyclic amines) is 1. The van der Waals surface area contributed by atoms with Crippen LogP contribution < -0.4 is 10.2 Å². The minimum absolute atomic E-state index is 0.0956. The van der Waals surface area contributed by atoms with Crippen LogP contribution in [0.15, 0.2) is 42.7 Å². The highest BCUT2D eigenvalue weighted by atomic mass is 16.2. The summed E-state index contributed by atoms with van der Waals surface area (Å²) >= 11 is 0. The number of amides is 3. The molecule has 8 heteroatoms. The molecular formula is C31H35N5O3. The lowest BCUT2D eigenvalue weighted by atomic mass is 9.70. The van der Waals surface area contributed by atoms with Crippen LogP contribution in [0.4, 0.5) is 5.69 Å². The number of rotatable bonds is 6. The molecule has 2 saturated heterocycles. The van der Waals surface area contributed by atoms with Crippen molar-refractivity contribution in [3.05, 3.63) is 59.4 Å². The number of carbonyl (C=O) groups excluding carboxylic acids is 3. The van der Waals surface area contributed by atoms with Gasteiger partial charge in [-0.2, -0.15) is 5.10 Å². The number of carbonyl (C=O) groups is 3. The van der Waals surface area contributed by atoms with Gasteiger partial charge >= 0.3 is 0 Å². The average molecular weight is 528 g/mol. The van der Waals surface area contributed by atoms with Crippen LogP contribution >= 0.6 is 0 Å². The van der Waals surface area contributed by atoms with Gasteiger partial charge in [0.1, 0.15) is 6.04 Å². The molecule has 39 heavy (non-hydrogen) atoms. The maximum Gasteiger partial charge on any atom is 0.259 e. The van der Waals surface area contributed by atoms with Crippen molar-refractivity contribution in [2.75, 3.05) is 24.5 Å². The first kappa shape index (κ1) is 22.3. The fourth-order valence-corrected chi connectivity index (χ4v) is 6.89. The number of hydrogen-bond acceptors (Lipinski definition) is 5. The van der Waals surface area contributed by atoms with E-state index in [-0.39, 0.29) is 23.7 Å². The van der Waals surface area contributed by atoms with Gasteiger partial charge in [0, 0.05) is 52.4 Å². The molecule has 4 aliphatic rings. The van der Waals surface area contributed by atoms with Crippen LogP contribution in [0.5, 0.6) is 0 Å². The smallest absolute Gasteiger partial charge is 0.259 e. The maximum atomic E-state index is 13.4. The van der Waals surface area contributed by atoms with E-state index in [1.165, 1.54) is 0 Å². The quantitative estimate of drug-likeness (QED) is 0.485. The van der Waals surface area contributed by atoms with Gasteiger partial charge in [-0.1, -0.05) is 31.5 Å². The third-order valence-electron chi connectivity index (χ3n) is 9.03. The zero-order chi connectivity index (χ0) is 28.5. The van der Waals surface area contributed by atoms with Gasteiger partial charge in [0.25, 0.3) is 5.91 Å². The maximum absolute atomic E-state index is 13.4. The number of benzene rings is 2. The van der Waals surface area contributed by atoms with Crippen molar-refractivity contribution in [3.63, 3.8) is 0 Å². The third kappa shape index (κ3) is 4.25. The second-order valence-corrected chi connectivity index (χ2v) is 12.0. The van der Waals surface area contributed by atoms with Crippen LogP contribution in [0.2, 0.25) is 0 Å². The van der Waals surface area contributed by atoms with E-state index in [4.69, 9.17) is 7.84 Å². The molecule has 1 aromatic heterocycles. The summed E-state index contributed by atoms with van der Waals surface area (Å²) in [5.41, 5.74) is 3.64. The Labute approximate surface area is 231 Å². The predicted octanol–water partition coefficient (Wildman–Crippen LogP) is 4.22. The molecule has 2 aromatic carbocycles. The number of nitrogens with one attached hydrogen (secondary N) is 1. The van der Waals surface area contributed by atoms with Crippen molar-refractivity contribution < 1.29 is 17.1 Å². The molecule has 3 amide bonds. The molecule has 7 rings (SSSR count). The van der Waals surface area contributed by atoms with Gasteiger partial charge in [-0.15, -0.1) is 0 Å². The molecule has 8 nitrogen and oxygen atoms in total. The summed E-state index contributed by atoms with van der Waals surface area (Å²) in [6, 6.07) is 9.39. The van der Waals surface area contributed by atoms with Gasteiger partial charge in [0.2, 0.25) is 11.8 Å². The Morgan fingerprint density at radius 2 is 1.92 bits per heavy atom. The lowest BCUT2D eigenvalue weighted by Gasteiger charge is -2.44. The first-order valence-corrected chi connectivity index (χ1v) is 14.1. The molecule has 1 atom stereocenters. The fourth-order valence-electron chi connectivity index (χ4n) is 6.89. The summed E-state index contributed by atoms with van der Waals surface area (Å²) in [6.45, 7) is 5.19. The fraction of sp³-hybridized carbons (Fsp3) is 0.484. The molecule has 0 bridgehead atoms. The van der Waals surface area contributed by atoms with E-state index in [9.17, 15) is 14.4 Å². The normalized spacial score (nSPS) is 25.4. The number of anilines is 1. The van der Waals surface area contributed by atoms with Crippen molar-refractivity contribution in [2.24, 2.45) is 5.41 Å². The van der Waals surface area contributed by atoms with Gasteiger partial charge in [-0.3, -0.25) is 29.3 Å². The molecule has 202 valence electrons. The summed E-state index contributed by atoms with van der Waals surface area (Å²) in [4.78, 5) is 41.8. The van der Waals surface area contributed by atoms with Gasteiger partial charge in [0.05, 0.1) is 17.9 Å². The second kappa shape index (κ2) is 9.30. The standard InChI is InChI=1S/C31H35N5O3/c1-31(12-3-13-31)19-34-14-10-22(11-15-34)35-18-20(17-32-35)16-21-6-7-25-28-23(21)4-2-5-24(28)30(39)36(25)26-8-9-27(37)33-29(26)38/h2,4-7,17-18,22,26H,3,8-16,19H2,1H3,(H,33,37,38)/i3D2. The monoisotopic (exact) mass is 527 g/mol. The summed E-state index contributed by atoms with van der Waals surface area (Å²) < 4.78 is 17.9. The van der Waals surface area contributed by atoms with Crippen LogP contribution in [0, 0.1) is 5.41 Å². The summed E-state index contributed by atoms with van der Waals surface area (Å²) in [6.07, 6.45) is 7.69. The summed E-state index contributed by atoms with van der Waals surface area (Å²) in [5.74, 6) is -0.907. The van der Waals surface area contributed by atoms with Crippen molar-refractivity contribution in [1.29, 1.82) is 0 Å². The van der Waals surface area contributed by atoms with Crippen LogP contribution in [-0.2, 0) is 16.0 Å². The minimum atomic E-state index is -0.994. The molecule has 1 unspecified atom stereocenters. The van der Waals surface area contributed by atoms with E-state index in [0.717, 1.165) is 60.1 Å². The van der Waals surface area contributed by atoms with Crippen LogP contribution in [0.25, 0.3) is 10.8 Å². The molecule has 0 spiro atoms. The van der Waals surface area contributed by atoms with Gasteiger partial charge in [0.15, 0.2) is 0 Å². The number of aromatic nitrogens is 2. The van der Waals surface area contributed by atoms with Gasteiger partial charge in [-0.25, -0.2) is 0 Å². The highest BCUT2D eigenvalue weighted by Crippen LogP contribution is 2.42. The van der Waals surface area contributed by atoms with E-state index in [2.05, 4.69) is 28.0 Å². The topological polar surface area (TPSA) is 87.5 Å². The first-order chi connectivity index (χ1) is 19.6. The highest BCUT2D eigenvalue weighted by molar-refractivity contribution is 6.27. The number of hydrogen-bond donors (Lipinski definition) is 1. The Morgan fingerprint density at radius 3 is 2.69 bits per heavy atom. The van der Waals surface area contributed by atoms with Crippen LogP contribution in [-0.4, -0.2) is 58.1 Å². The second-order valence-electron chi connectivity index (χ2n) is 12.0. The molecule has 4 heterocycles. The number of imide groups is 1. The number of piperidine rings is 2. The Bertz CT molecular complexity index is 1570. The van der Waals surface area contributed by atoms with Crippen LogP contribution in [0.3, 0.4) is 0 Å². The average Bonchev–Trinajstić information content (AvgIpc) is 3.48. The first-order valence-electron chi connectivity index (χ1n) is 15.1. The number of nitrogens with zero attached hydrogens (tertiary/aromatic N) is 4. The minimum Gasteiger partial charge on any atom is -0.303 e. The molecule has 3 aliphatic heterocycles. The molecule has 1 N–H and O–H groups in total. The Hall–Kier alpha value is -3.52. The predicted molar refractivity (Wildman–Crippen MR) is 149 cm³/mol. The summed E-state index contributed by atoms with van der Waals surface area (Å²) in [7, 11) is 0. The summed E-state index contributed by atoms with van der Waals surface area (Å²) in [5, 5.41) is 8.97. The molecule has 1 saturated carbocycles. The van der Waals surface area contributed by atoms with E-state index in [0.29, 0.717) is 37.3 Å². The highest BCUT2D eigenvalue weighted by Gasteiger charge is 2.41. The largest absolute Gasteiger partial charge is 0.303 e. The van der Waals surface area contributed by atoms with E-state index in [1.54, 1.807) is 4.90 Å². The zero-order valence-electron chi connectivity index (χ0n) is 24.3. The van der Waals surface area contributed by atoms with Crippen molar-refractivity contribution in [1.82, 2.24) is 20.0 Å². The van der Waals surface area contributed by atoms with Crippen molar-refractivity contribution in [2.45, 2.75) is 70.3 Å². The van der Waals surface area contributed by atoms with Gasteiger partial charge < -0.3 is 4.90 Å². The van der Waals surface area contributed by atoms with E-state index >= 15 is 0 Å². The van der Waals surface area contributed by atoms with Crippen molar-refractivity contribution >= 4 is 34.2 Å². The Balaban J connectivity index is 1.06. The molecule has 1 aliphatic carbocycles. The van der Waals surface area contributed by atoms with Gasteiger partial charge in [-0.05, 0) is 66.2 Å². The van der Waals surface area contributed by atoms with E-state index in [1.807, 2.05) is 36.5 Å². The third-order valence-corrected chi connectivity index (χ3v) is 9.03. The SMILES string of the molecule is [2H]C1([2H])CC(C)(CN2CCC(n3cc(Cc4ccc5c6c(cccc46)C(=O)N5C4CCC(=O)NC4=O)cn3)CC2)C1. The molecule has 3 aromatic rings. The molecule has 3 fully saturated rings. The zero-order valence-corrected chi connectivity index (χ0v) is 22.3. The molecule has 0 radical (unpaired) electrons. The molecular weight excluding hydrogens is 490 g/mol. The lowest BCUT2D eigenvalue weighted by Crippen LogP contribution is -2.53. The Morgan fingerprint density at radius 1 is 1.10 bits per heavy atom. The van der Waals surface area contributed by atoms with Crippen LogP contribution in [0.1, 0.15) is 82.1 Å². The Kier molecular flexibility index (Phi) is 5.32. The lowest BCUT2D eigenvalue weighted by molar-refractivity contribution is -0.134. The van der Waals surface area contributed by atoms with Crippen molar-refractivity contribution in [3.8, 4) is 0 Å².